The Hall–Kier alpha value is -2.38. The highest BCUT2D eigenvalue weighted by Gasteiger charge is 2.08. The van der Waals surface area contributed by atoms with E-state index >= 15 is 0 Å². The van der Waals surface area contributed by atoms with Crippen LogP contribution in [0.15, 0.2) is 42.5 Å². The summed E-state index contributed by atoms with van der Waals surface area (Å²) in [5.41, 5.74) is 3.69. The van der Waals surface area contributed by atoms with Crippen molar-refractivity contribution < 1.29 is 9.59 Å². The highest BCUT2D eigenvalue weighted by molar-refractivity contribution is 8.00. The van der Waals surface area contributed by atoms with Crippen LogP contribution in [0.2, 0.25) is 0 Å². The van der Waals surface area contributed by atoms with Crippen molar-refractivity contribution in [3.63, 3.8) is 0 Å². The standard InChI is InChI=1S/C20H21N3O2S2/c1-3-14-4-6-15(7-5-14)22-19(24)11-26-12-20(25)23-16-8-9-17-18(10-16)27-13(2)21-17/h4-10H,3,11-12H2,1-2H3,(H,22,24)(H,23,25). The minimum atomic E-state index is -0.124. The van der Waals surface area contributed by atoms with E-state index in [-0.39, 0.29) is 23.3 Å². The quantitative estimate of drug-likeness (QED) is 0.615. The number of anilines is 2. The molecule has 0 aliphatic heterocycles. The van der Waals surface area contributed by atoms with E-state index in [9.17, 15) is 9.59 Å². The van der Waals surface area contributed by atoms with Gasteiger partial charge in [0.1, 0.15) is 0 Å². The maximum Gasteiger partial charge on any atom is 0.234 e. The van der Waals surface area contributed by atoms with Gasteiger partial charge < -0.3 is 10.6 Å². The van der Waals surface area contributed by atoms with Crippen LogP contribution >= 0.6 is 23.1 Å². The van der Waals surface area contributed by atoms with E-state index in [1.807, 2.05) is 49.4 Å². The minimum Gasteiger partial charge on any atom is -0.325 e. The zero-order chi connectivity index (χ0) is 19.2. The highest BCUT2D eigenvalue weighted by Crippen LogP contribution is 2.24. The van der Waals surface area contributed by atoms with Gasteiger partial charge in [0, 0.05) is 11.4 Å². The SMILES string of the molecule is CCc1ccc(NC(=O)CSCC(=O)Nc2ccc3nc(C)sc3c2)cc1. The predicted molar refractivity (Wildman–Crippen MR) is 115 cm³/mol. The molecule has 2 aromatic carbocycles. The smallest absolute Gasteiger partial charge is 0.234 e. The van der Waals surface area contributed by atoms with Crippen LogP contribution in [-0.2, 0) is 16.0 Å². The Morgan fingerprint density at radius 2 is 1.63 bits per heavy atom. The van der Waals surface area contributed by atoms with E-state index in [0.717, 1.165) is 33.0 Å². The molecule has 5 nitrogen and oxygen atoms in total. The van der Waals surface area contributed by atoms with Crippen LogP contribution in [0.25, 0.3) is 10.2 Å². The molecule has 140 valence electrons. The molecule has 7 heteroatoms. The number of rotatable bonds is 7. The Balaban J connectivity index is 1.43. The van der Waals surface area contributed by atoms with Gasteiger partial charge in [0.15, 0.2) is 0 Å². The Morgan fingerprint density at radius 1 is 1.00 bits per heavy atom. The summed E-state index contributed by atoms with van der Waals surface area (Å²) >= 11 is 2.89. The Morgan fingerprint density at radius 3 is 2.30 bits per heavy atom. The molecule has 1 aromatic heterocycles. The van der Waals surface area contributed by atoms with E-state index in [1.165, 1.54) is 17.3 Å². The van der Waals surface area contributed by atoms with Gasteiger partial charge in [0.2, 0.25) is 11.8 Å². The summed E-state index contributed by atoms with van der Waals surface area (Å²) in [6, 6.07) is 13.5. The van der Waals surface area contributed by atoms with Gasteiger partial charge in [-0.05, 0) is 49.2 Å². The summed E-state index contributed by atoms with van der Waals surface area (Å²) in [7, 11) is 0. The Labute approximate surface area is 166 Å². The molecule has 0 atom stereocenters. The molecular formula is C20H21N3O2S2. The largest absolute Gasteiger partial charge is 0.325 e. The molecule has 2 amide bonds. The molecule has 0 spiro atoms. The number of hydrogen-bond acceptors (Lipinski definition) is 5. The summed E-state index contributed by atoms with van der Waals surface area (Å²) in [6.45, 7) is 4.05. The molecule has 0 bridgehead atoms. The first-order valence-corrected chi connectivity index (χ1v) is 10.6. The summed E-state index contributed by atoms with van der Waals surface area (Å²) in [5.74, 6) is 0.220. The third-order valence-electron chi connectivity index (χ3n) is 3.89. The molecule has 2 N–H and O–H groups in total. The lowest BCUT2D eigenvalue weighted by Gasteiger charge is -2.07. The average molecular weight is 400 g/mol. The lowest BCUT2D eigenvalue weighted by molar-refractivity contribution is -0.114. The second-order valence-corrected chi connectivity index (χ2v) is 8.28. The summed E-state index contributed by atoms with van der Waals surface area (Å²) in [6.07, 6.45) is 0.967. The first-order valence-electron chi connectivity index (χ1n) is 8.67. The summed E-state index contributed by atoms with van der Waals surface area (Å²) in [4.78, 5) is 28.5. The van der Waals surface area contributed by atoms with Gasteiger partial charge in [-0.15, -0.1) is 23.1 Å². The number of benzene rings is 2. The lowest BCUT2D eigenvalue weighted by Crippen LogP contribution is -2.18. The molecular weight excluding hydrogens is 378 g/mol. The van der Waals surface area contributed by atoms with Crippen molar-refractivity contribution in [2.45, 2.75) is 20.3 Å². The number of hydrogen-bond donors (Lipinski definition) is 2. The molecule has 0 saturated carbocycles. The van der Waals surface area contributed by atoms with Crippen LogP contribution in [0.4, 0.5) is 11.4 Å². The second-order valence-electron chi connectivity index (χ2n) is 6.06. The maximum absolute atomic E-state index is 12.1. The van der Waals surface area contributed by atoms with Crippen LogP contribution in [0.1, 0.15) is 17.5 Å². The number of aryl methyl sites for hydroxylation is 2. The van der Waals surface area contributed by atoms with Crippen molar-refractivity contribution in [3.8, 4) is 0 Å². The molecule has 0 unspecified atom stereocenters. The van der Waals surface area contributed by atoms with Crippen molar-refractivity contribution in [3.05, 3.63) is 53.0 Å². The third kappa shape index (κ3) is 5.55. The lowest BCUT2D eigenvalue weighted by atomic mass is 10.1. The average Bonchev–Trinajstić information content (AvgIpc) is 3.01. The molecule has 0 fully saturated rings. The first-order chi connectivity index (χ1) is 13.0. The van der Waals surface area contributed by atoms with Gasteiger partial charge in [0.05, 0.1) is 26.7 Å². The van der Waals surface area contributed by atoms with Gasteiger partial charge in [0.25, 0.3) is 0 Å². The summed E-state index contributed by atoms with van der Waals surface area (Å²) in [5, 5.41) is 6.71. The number of nitrogens with one attached hydrogen (secondary N) is 2. The van der Waals surface area contributed by atoms with Crippen molar-refractivity contribution in [2.75, 3.05) is 22.1 Å². The normalized spacial score (nSPS) is 10.7. The predicted octanol–water partition coefficient (Wildman–Crippen LogP) is 4.48. The number of fused-ring (bicyclic) bond motifs is 1. The highest BCUT2D eigenvalue weighted by atomic mass is 32.2. The number of thiazole rings is 1. The second kappa shape index (κ2) is 9.01. The number of thioether (sulfide) groups is 1. The fraction of sp³-hybridized carbons (Fsp3) is 0.250. The molecule has 3 rings (SSSR count). The van der Waals surface area contributed by atoms with Crippen molar-refractivity contribution in [2.24, 2.45) is 0 Å². The number of nitrogens with zero attached hydrogens (tertiary/aromatic N) is 1. The molecule has 0 aliphatic rings. The first kappa shape index (κ1) is 19.4. The number of carbonyl (C=O) groups excluding carboxylic acids is 2. The summed E-state index contributed by atoms with van der Waals surface area (Å²) < 4.78 is 1.05. The van der Waals surface area contributed by atoms with Crippen LogP contribution < -0.4 is 10.6 Å². The molecule has 3 aromatic rings. The van der Waals surface area contributed by atoms with Crippen LogP contribution in [0.5, 0.6) is 0 Å². The van der Waals surface area contributed by atoms with Crippen molar-refractivity contribution >= 4 is 56.5 Å². The molecule has 27 heavy (non-hydrogen) atoms. The topological polar surface area (TPSA) is 71.1 Å². The Bertz CT molecular complexity index is 952. The van der Waals surface area contributed by atoms with Gasteiger partial charge in [-0.1, -0.05) is 19.1 Å². The van der Waals surface area contributed by atoms with E-state index in [4.69, 9.17) is 0 Å². The molecule has 0 radical (unpaired) electrons. The van der Waals surface area contributed by atoms with Gasteiger partial charge in [-0.25, -0.2) is 4.98 Å². The zero-order valence-corrected chi connectivity index (χ0v) is 16.9. The fourth-order valence-corrected chi connectivity index (χ4v) is 4.06. The molecule has 1 heterocycles. The van der Waals surface area contributed by atoms with E-state index < -0.39 is 0 Å². The number of carbonyl (C=O) groups is 2. The fourth-order valence-electron chi connectivity index (χ4n) is 2.57. The van der Waals surface area contributed by atoms with Crippen molar-refractivity contribution in [1.29, 1.82) is 0 Å². The van der Waals surface area contributed by atoms with Crippen LogP contribution in [-0.4, -0.2) is 28.3 Å². The number of amides is 2. The molecule has 0 aliphatic carbocycles. The van der Waals surface area contributed by atoms with Gasteiger partial charge in [-0.3, -0.25) is 9.59 Å². The maximum atomic E-state index is 12.1. The van der Waals surface area contributed by atoms with Crippen LogP contribution in [0.3, 0.4) is 0 Å². The molecule has 0 saturated heterocycles. The third-order valence-corrected chi connectivity index (χ3v) is 5.76. The van der Waals surface area contributed by atoms with Gasteiger partial charge >= 0.3 is 0 Å². The van der Waals surface area contributed by atoms with Gasteiger partial charge in [-0.2, -0.15) is 0 Å². The minimum absolute atomic E-state index is 0.112. The monoisotopic (exact) mass is 399 g/mol. The number of aromatic nitrogens is 1. The Kier molecular flexibility index (Phi) is 6.47. The van der Waals surface area contributed by atoms with E-state index in [2.05, 4.69) is 22.5 Å². The zero-order valence-electron chi connectivity index (χ0n) is 15.2. The van der Waals surface area contributed by atoms with E-state index in [1.54, 1.807) is 11.3 Å². The van der Waals surface area contributed by atoms with E-state index in [0.29, 0.717) is 0 Å². The van der Waals surface area contributed by atoms with Crippen LogP contribution in [0, 0.1) is 6.92 Å². The van der Waals surface area contributed by atoms with Crippen molar-refractivity contribution in [1.82, 2.24) is 4.98 Å².